The zero-order valence-corrected chi connectivity index (χ0v) is 16.6. The molecule has 1 aliphatic carbocycles. The van der Waals surface area contributed by atoms with Crippen molar-refractivity contribution in [2.45, 2.75) is 64.8 Å². The van der Waals surface area contributed by atoms with Crippen LogP contribution in [0.15, 0.2) is 24.4 Å². The molecule has 0 aromatic carbocycles. The van der Waals surface area contributed by atoms with Gasteiger partial charge in [0, 0.05) is 32.3 Å². The first-order valence-electron chi connectivity index (χ1n) is 10.6. The predicted molar refractivity (Wildman–Crippen MR) is 106 cm³/mol. The summed E-state index contributed by atoms with van der Waals surface area (Å²) in [6.07, 6.45) is 10.2. The highest BCUT2D eigenvalue weighted by molar-refractivity contribution is 5.83. The maximum Gasteiger partial charge on any atom is 0.227 e. The first-order chi connectivity index (χ1) is 13.2. The van der Waals surface area contributed by atoms with E-state index in [1.807, 2.05) is 28.0 Å². The van der Waals surface area contributed by atoms with Crippen LogP contribution in [-0.2, 0) is 16.1 Å². The number of rotatable bonds is 7. The van der Waals surface area contributed by atoms with E-state index in [1.165, 1.54) is 32.1 Å². The number of pyridine rings is 1. The maximum atomic E-state index is 13.2. The number of aromatic nitrogens is 1. The summed E-state index contributed by atoms with van der Waals surface area (Å²) in [5, 5.41) is 0. The van der Waals surface area contributed by atoms with Gasteiger partial charge in [0.15, 0.2) is 0 Å². The molecule has 1 saturated carbocycles. The highest BCUT2D eigenvalue weighted by Gasteiger charge is 2.33. The third kappa shape index (κ3) is 5.53. The minimum absolute atomic E-state index is 0.0680. The van der Waals surface area contributed by atoms with Gasteiger partial charge in [-0.2, -0.15) is 0 Å². The highest BCUT2D eigenvalue weighted by Crippen LogP contribution is 2.27. The second kappa shape index (κ2) is 9.86. The molecule has 2 aliphatic rings. The van der Waals surface area contributed by atoms with Crippen molar-refractivity contribution in [1.82, 2.24) is 14.8 Å². The summed E-state index contributed by atoms with van der Waals surface area (Å²) < 4.78 is 0. The molecule has 2 fully saturated rings. The third-order valence-corrected chi connectivity index (χ3v) is 5.94. The quantitative estimate of drug-likeness (QED) is 0.735. The van der Waals surface area contributed by atoms with E-state index >= 15 is 0 Å². The second-order valence-electron chi connectivity index (χ2n) is 8.12. The largest absolute Gasteiger partial charge is 0.342 e. The van der Waals surface area contributed by atoms with Gasteiger partial charge in [0.05, 0.1) is 18.2 Å². The van der Waals surface area contributed by atoms with Crippen LogP contribution in [-0.4, -0.2) is 46.2 Å². The molecule has 0 bridgehead atoms. The number of carbonyl (C=O) groups is 2. The molecule has 2 heterocycles. The molecule has 1 atom stereocenters. The monoisotopic (exact) mass is 371 g/mol. The number of carbonyl (C=O) groups excluding carboxylic acids is 2. The summed E-state index contributed by atoms with van der Waals surface area (Å²) in [5.41, 5.74) is 0.922. The molecule has 1 aromatic rings. The maximum absolute atomic E-state index is 13.2. The first-order valence-corrected chi connectivity index (χ1v) is 10.6. The van der Waals surface area contributed by atoms with Crippen LogP contribution >= 0.6 is 0 Å². The SMILES string of the molecule is CCCN(Cc1ccccn1)C(=O)C1CCC(=O)N(CC2CCCCC2)C1. The molecule has 1 aromatic heterocycles. The van der Waals surface area contributed by atoms with Crippen molar-refractivity contribution in [3.05, 3.63) is 30.1 Å². The van der Waals surface area contributed by atoms with E-state index < -0.39 is 0 Å². The molecule has 3 rings (SSSR count). The van der Waals surface area contributed by atoms with Crippen LogP contribution in [0.25, 0.3) is 0 Å². The van der Waals surface area contributed by atoms with E-state index in [9.17, 15) is 9.59 Å². The molecule has 148 valence electrons. The van der Waals surface area contributed by atoms with E-state index in [0.717, 1.165) is 25.2 Å². The average molecular weight is 372 g/mol. The van der Waals surface area contributed by atoms with Gasteiger partial charge in [0.2, 0.25) is 11.8 Å². The van der Waals surface area contributed by atoms with Crippen molar-refractivity contribution in [3.8, 4) is 0 Å². The summed E-state index contributed by atoms with van der Waals surface area (Å²) in [6.45, 7) is 4.83. The van der Waals surface area contributed by atoms with E-state index in [4.69, 9.17) is 0 Å². The van der Waals surface area contributed by atoms with Gasteiger partial charge in [-0.15, -0.1) is 0 Å². The van der Waals surface area contributed by atoms with Crippen molar-refractivity contribution in [2.24, 2.45) is 11.8 Å². The Balaban J connectivity index is 1.61. The Kier molecular flexibility index (Phi) is 7.25. The Hall–Kier alpha value is -1.91. The Morgan fingerprint density at radius 2 is 2.04 bits per heavy atom. The Bertz CT molecular complexity index is 613. The van der Waals surface area contributed by atoms with Crippen LogP contribution in [0.3, 0.4) is 0 Å². The Morgan fingerprint density at radius 3 is 2.74 bits per heavy atom. The van der Waals surface area contributed by atoms with Crippen LogP contribution in [0.4, 0.5) is 0 Å². The molecule has 0 radical (unpaired) electrons. The van der Waals surface area contributed by atoms with E-state index in [-0.39, 0.29) is 17.7 Å². The lowest BCUT2D eigenvalue weighted by Gasteiger charge is -2.37. The van der Waals surface area contributed by atoms with Crippen LogP contribution in [0, 0.1) is 11.8 Å². The van der Waals surface area contributed by atoms with E-state index in [0.29, 0.717) is 31.8 Å². The zero-order valence-electron chi connectivity index (χ0n) is 16.6. The molecule has 0 spiro atoms. The van der Waals surface area contributed by atoms with Crippen LogP contribution in [0.5, 0.6) is 0 Å². The molecule has 1 saturated heterocycles. The van der Waals surface area contributed by atoms with Crippen molar-refractivity contribution < 1.29 is 9.59 Å². The lowest BCUT2D eigenvalue weighted by Crippen LogP contribution is -2.48. The van der Waals surface area contributed by atoms with Gasteiger partial charge in [-0.3, -0.25) is 14.6 Å². The number of nitrogens with zero attached hydrogens (tertiary/aromatic N) is 3. The standard InChI is InChI=1S/C22H33N3O2/c1-2-14-24(17-20-10-6-7-13-23-20)22(27)19-11-12-21(26)25(16-19)15-18-8-4-3-5-9-18/h6-7,10,13,18-19H,2-5,8-9,11-12,14-17H2,1H3. The fraction of sp³-hybridized carbons (Fsp3) is 0.682. The zero-order chi connectivity index (χ0) is 19.1. The lowest BCUT2D eigenvalue weighted by atomic mass is 9.87. The van der Waals surface area contributed by atoms with Crippen molar-refractivity contribution in [3.63, 3.8) is 0 Å². The average Bonchev–Trinajstić information content (AvgIpc) is 2.70. The summed E-state index contributed by atoms with van der Waals surface area (Å²) in [7, 11) is 0. The van der Waals surface area contributed by atoms with E-state index in [1.54, 1.807) is 6.20 Å². The molecule has 2 amide bonds. The highest BCUT2D eigenvalue weighted by atomic mass is 16.2. The van der Waals surface area contributed by atoms with Gasteiger partial charge >= 0.3 is 0 Å². The lowest BCUT2D eigenvalue weighted by molar-refractivity contribution is -0.144. The van der Waals surface area contributed by atoms with Crippen LogP contribution in [0.2, 0.25) is 0 Å². The minimum Gasteiger partial charge on any atom is -0.342 e. The fourth-order valence-corrected chi connectivity index (χ4v) is 4.46. The number of likely N-dealkylation sites (tertiary alicyclic amines) is 1. The normalized spacial score (nSPS) is 21.3. The molecule has 5 nitrogen and oxygen atoms in total. The Morgan fingerprint density at radius 1 is 1.22 bits per heavy atom. The Labute approximate surface area is 163 Å². The fourth-order valence-electron chi connectivity index (χ4n) is 4.46. The van der Waals surface area contributed by atoms with Crippen molar-refractivity contribution >= 4 is 11.8 Å². The molecule has 0 N–H and O–H groups in total. The number of piperidine rings is 1. The van der Waals surface area contributed by atoms with Gasteiger partial charge in [-0.25, -0.2) is 0 Å². The van der Waals surface area contributed by atoms with Gasteiger partial charge in [0.1, 0.15) is 0 Å². The summed E-state index contributed by atoms with van der Waals surface area (Å²) >= 11 is 0. The van der Waals surface area contributed by atoms with Crippen molar-refractivity contribution in [1.29, 1.82) is 0 Å². The van der Waals surface area contributed by atoms with Gasteiger partial charge in [0.25, 0.3) is 0 Å². The number of amides is 2. The summed E-state index contributed by atoms with van der Waals surface area (Å²) in [4.78, 5) is 33.9. The predicted octanol–water partition coefficient (Wildman–Crippen LogP) is 3.64. The molecule has 1 unspecified atom stereocenters. The van der Waals surface area contributed by atoms with Gasteiger partial charge < -0.3 is 9.80 Å². The molecular weight excluding hydrogens is 338 g/mol. The number of hydrogen-bond acceptors (Lipinski definition) is 3. The molecular formula is C22H33N3O2. The van der Waals surface area contributed by atoms with Gasteiger partial charge in [-0.1, -0.05) is 32.3 Å². The molecule has 5 heteroatoms. The van der Waals surface area contributed by atoms with Crippen LogP contribution in [0.1, 0.15) is 64.0 Å². The first kappa shape index (κ1) is 19.8. The smallest absolute Gasteiger partial charge is 0.227 e. The molecule has 1 aliphatic heterocycles. The summed E-state index contributed by atoms with van der Waals surface area (Å²) in [5.74, 6) is 0.971. The second-order valence-corrected chi connectivity index (χ2v) is 8.12. The number of hydrogen-bond donors (Lipinski definition) is 0. The third-order valence-electron chi connectivity index (χ3n) is 5.94. The molecule has 27 heavy (non-hydrogen) atoms. The van der Waals surface area contributed by atoms with E-state index in [2.05, 4.69) is 11.9 Å². The topological polar surface area (TPSA) is 53.5 Å². The summed E-state index contributed by atoms with van der Waals surface area (Å²) in [6, 6.07) is 5.82. The minimum atomic E-state index is -0.0680. The van der Waals surface area contributed by atoms with Crippen LogP contribution < -0.4 is 0 Å². The van der Waals surface area contributed by atoms with Gasteiger partial charge in [-0.05, 0) is 43.7 Å². The van der Waals surface area contributed by atoms with Crippen molar-refractivity contribution in [2.75, 3.05) is 19.6 Å².